The quantitative estimate of drug-likeness (QED) is 0.696. The Labute approximate surface area is 170 Å². The monoisotopic (exact) mass is 420 g/mol. The molecule has 4 rings (SSSR count). The number of benzene rings is 1. The number of aromatic nitrogens is 3. The normalized spacial score (nSPS) is 15.6. The molecule has 158 valence electrons. The van der Waals surface area contributed by atoms with Crippen molar-refractivity contribution in [3.63, 3.8) is 0 Å². The third-order valence-electron chi connectivity index (χ3n) is 5.23. The summed E-state index contributed by atoms with van der Waals surface area (Å²) < 4.78 is 47.0. The van der Waals surface area contributed by atoms with Crippen molar-refractivity contribution in [1.29, 1.82) is 0 Å². The predicted molar refractivity (Wildman–Crippen MR) is 103 cm³/mol. The van der Waals surface area contributed by atoms with Crippen LogP contribution in [0.5, 0.6) is 5.75 Å². The number of quaternary nitrogens is 1. The number of hydrogen-bond acceptors (Lipinski definition) is 4. The van der Waals surface area contributed by atoms with Crippen molar-refractivity contribution >= 4 is 11.6 Å². The van der Waals surface area contributed by atoms with Gasteiger partial charge in [0.05, 0.1) is 46.0 Å². The van der Waals surface area contributed by atoms with Gasteiger partial charge in [0, 0.05) is 11.6 Å². The van der Waals surface area contributed by atoms with E-state index in [0.717, 1.165) is 19.2 Å². The molecule has 1 aliphatic heterocycles. The minimum atomic E-state index is -4.66. The van der Waals surface area contributed by atoms with Crippen molar-refractivity contribution in [1.82, 2.24) is 19.5 Å². The van der Waals surface area contributed by atoms with E-state index in [9.17, 15) is 18.0 Å². The number of alkyl halides is 3. The molecule has 1 aromatic carbocycles. The Hall–Kier alpha value is -3.14. The van der Waals surface area contributed by atoms with Gasteiger partial charge in [0.2, 0.25) is 0 Å². The second-order valence-corrected chi connectivity index (χ2v) is 7.30. The van der Waals surface area contributed by atoms with Gasteiger partial charge in [-0.25, -0.2) is 9.50 Å². The van der Waals surface area contributed by atoms with Crippen molar-refractivity contribution in [3.05, 3.63) is 47.8 Å². The molecule has 0 radical (unpaired) electrons. The molecule has 1 fully saturated rings. The smallest absolute Gasteiger partial charge is 0.433 e. The third kappa shape index (κ3) is 3.82. The number of ether oxygens (including phenoxy) is 1. The van der Waals surface area contributed by atoms with Gasteiger partial charge in [-0.2, -0.15) is 18.3 Å². The number of hydrogen-bond donors (Lipinski definition) is 1. The standard InChI is InChI=1S/C20H20F3N5O2/c1-26-7-9-27(10-8-26)19(29)16-12-18-24-15(13-3-5-14(30-2)6-4-13)11-17(20(21,22)23)28(18)25-16/h3-6,11-12H,7-10H2,1-2H3/p+1. The number of nitrogens with zero attached hydrogens (tertiary/aromatic N) is 4. The summed E-state index contributed by atoms with van der Waals surface area (Å²) in [6.07, 6.45) is -4.66. The van der Waals surface area contributed by atoms with Gasteiger partial charge in [0.25, 0.3) is 5.91 Å². The molecule has 0 unspecified atom stereocenters. The number of rotatable bonds is 3. The van der Waals surface area contributed by atoms with E-state index in [4.69, 9.17) is 4.74 Å². The SMILES string of the molecule is COc1ccc(-c2cc(C(F)(F)F)n3nc(C(=O)N4CC[NH+](C)CC4)cc3n2)cc1. The summed E-state index contributed by atoms with van der Waals surface area (Å²) in [5.41, 5.74) is -0.419. The maximum atomic E-state index is 13.7. The number of methoxy groups -OCH3 is 1. The van der Waals surface area contributed by atoms with Gasteiger partial charge in [-0.05, 0) is 30.3 Å². The molecule has 10 heteroatoms. The molecule has 1 saturated heterocycles. The van der Waals surface area contributed by atoms with Crippen LogP contribution >= 0.6 is 0 Å². The maximum Gasteiger partial charge on any atom is 0.433 e. The van der Waals surface area contributed by atoms with E-state index >= 15 is 0 Å². The van der Waals surface area contributed by atoms with Crippen LogP contribution in [0.1, 0.15) is 16.2 Å². The predicted octanol–water partition coefficient (Wildman–Crippen LogP) is 1.39. The lowest BCUT2D eigenvalue weighted by molar-refractivity contribution is -0.883. The van der Waals surface area contributed by atoms with E-state index in [1.807, 2.05) is 7.05 Å². The fraction of sp³-hybridized carbons (Fsp3) is 0.350. The van der Waals surface area contributed by atoms with Gasteiger partial charge >= 0.3 is 6.18 Å². The molecule has 30 heavy (non-hydrogen) atoms. The summed E-state index contributed by atoms with van der Waals surface area (Å²) in [5, 5.41) is 3.95. The summed E-state index contributed by atoms with van der Waals surface area (Å²) in [4.78, 5) is 20.0. The number of fused-ring (bicyclic) bond motifs is 1. The molecule has 1 amide bonds. The number of nitrogens with one attached hydrogen (secondary N) is 1. The van der Waals surface area contributed by atoms with E-state index in [-0.39, 0.29) is 22.9 Å². The van der Waals surface area contributed by atoms with Crippen molar-refractivity contribution in [2.75, 3.05) is 40.3 Å². The van der Waals surface area contributed by atoms with Crippen LogP contribution in [0.2, 0.25) is 0 Å². The van der Waals surface area contributed by atoms with Crippen LogP contribution in [0.25, 0.3) is 16.9 Å². The zero-order valence-electron chi connectivity index (χ0n) is 16.5. The largest absolute Gasteiger partial charge is 0.497 e. The first-order chi connectivity index (χ1) is 14.3. The number of halogens is 3. The molecule has 1 aliphatic rings. The average molecular weight is 420 g/mol. The zero-order valence-corrected chi connectivity index (χ0v) is 16.5. The van der Waals surface area contributed by atoms with E-state index in [2.05, 4.69) is 10.1 Å². The lowest BCUT2D eigenvalue weighted by Gasteiger charge is -2.29. The zero-order chi connectivity index (χ0) is 21.5. The molecule has 0 saturated carbocycles. The van der Waals surface area contributed by atoms with Gasteiger partial charge in [-0.3, -0.25) is 4.79 Å². The minimum Gasteiger partial charge on any atom is -0.497 e. The van der Waals surface area contributed by atoms with Crippen molar-refractivity contribution in [2.45, 2.75) is 6.18 Å². The summed E-state index contributed by atoms with van der Waals surface area (Å²) in [7, 11) is 3.54. The number of carbonyl (C=O) groups excluding carboxylic acids is 1. The Bertz CT molecular complexity index is 1070. The Morgan fingerprint density at radius 2 is 1.80 bits per heavy atom. The Kier molecular flexibility index (Phi) is 5.10. The van der Waals surface area contributed by atoms with Crippen molar-refractivity contribution < 1.29 is 27.6 Å². The van der Waals surface area contributed by atoms with Gasteiger partial charge in [-0.15, -0.1) is 0 Å². The van der Waals surface area contributed by atoms with Crippen LogP contribution in [0.4, 0.5) is 13.2 Å². The second-order valence-electron chi connectivity index (χ2n) is 7.30. The van der Waals surface area contributed by atoms with Gasteiger partial charge in [-0.1, -0.05) is 0 Å². The number of piperazine rings is 1. The number of amides is 1. The Balaban J connectivity index is 1.76. The Morgan fingerprint density at radius 1 is 1.13 bits per heavy atom. The molecular weight excluding hydrogens is 399 g/mol. The van der Waals surface area contributed by atoms with Gasteiger partial charge in [0.1, 0.15) is 5.75 Å². The molecule has 0 atom stereocenters. The molecule has 7 nitrogen and oxygen atoms in total. The maximum absolute atomic E-state index is 13.7. The molecular formula is C20H21F3N5O2+. The van der Waals surface area contributed by atoms with Gasteiger partial charge < -0.3 is 14.5 Å². The molecule has 1 N–H and O–H groups in total. The van der Waals surface area contributed by atoms with E-state index < -0.39 is 11.9 Å². The molecule has 2 aromatic heterocycles. The highest BCUT2D eigenvalue weighted by atomic mass is 19.4. The van der Waals surface area contributed by atoms with Crippen LogP contribution in [-0.4, -0.2) is 65.7 Å². The molecule has 0 spiro atoms. The fourth-order valence-corrected chi connectivity index (χ4v) is 3.44. The van der Waals surface area contributed by atoms with E-state index in [1.165, 1.54) is 18.1 Å². The lowest BCUT2D eigenvalue weighted by Crippen LogP contribution is -3.12. The van der Waals surface area contributed by atoms with Crippen LogP contribution in [0.3, 0.4) is 0 Å². The van der Waals surface area contributed by atoms with Crippen LogP contribution in [-0.2, 0) is 6.18 Å². The summed E-state index contributed by atoms with van der Waals surface area (Å²) in [6, 6.07) is 8.81. The first-order valence-corrected chi connectivity index (χ1v) is 9.49. The molecule has 3 aromatic rings. The van der Waals surface area contributed by atoms with Crippen LogP contribution in [0.15, 0.2) is 36.4 Å². The van der Waals surface area contributed by atoms with E-state index in [1.54, 1.807) is 29.2 Å². The molecule has 0 aliphatic carbocycles. The van der Waals surface area contributed by atoms with Crippen LogP contribution in [0, 0.1) is 0 Å². The van der Waals surface area contributed by atoms with Gasteiger partial charge in [0.15, 0.2) is 17.0 Å². The highest BCUT2D eigenvalue weighted by Crippen LogP contribution is 2.32. The number of likely N-dealkylation sites (N-methyl/N-ethyl adjacent to an activating group) is 1. The van der Waals surface area contributed by atoms with E-state index in [0.29, 0.717) is 28.9 Å². The topological polar surface area (TPSA) is 64.2 Å². The fourth-order valence-electron chi connectivity index (χ4n) is 3.44. The highest BCUT2D eigenvalue weighted by Gasteiger charge is 2.36. The van der Waals surface area contributed by atoms with Crippen LogP contribution < -0.4 is 9.64 Å². The summed E-state index contributed by atoms with van der Waals surface area (Å²) in [5.74, 6) is 0.203. The first-order valence-electron chi connectivity index (χ1n) is 9.49. The van der Waals surface area contributed by atoms with Crippen molar-refractivity contribution in [2.24, 2.45) is 0 Å². The highest BCUT2D eigenvalue weighted by molar-refractivity contribution is 5.93. The lowest BCUT2D eigenvalue weighted by atomic mass is 10.1. The summed E-state index contributed by atoms with van der Waals surface area (Å²) >= 11 is 0. The Morgan fingerprint density at radius 3 is 2.40 bits per heavy atom. The molecule has 0 bridgehead atoms. The molecule has 3 heterocycles. The average Bonchev–Trinajstić information content (AvgIpc) is 3.16. The van der Waals surface area contributed by atoms with Crippen molar-refractivity contribution in [3.8, 4) is 17.0 Å². The second kappa shape index (κ2) is 7.60. The third-order valence-corrected chi connectivity index (χ3v) is 5.23. The first kappa shape index (κ1) is 20.1. The minimum absolute atomic E-state index is 0.0289. The number of carbonyl (C=O) groups is 1. The summed E-state index contributed by atoms with van der Waals surface area (Å²) in [6.45, 7) is 2.64.